The number of amides is 2. The lowest BCUT2D eigenvalue weighted by molar-refractivity contribution is 0.262. The number of carbonyl (C=O) groups is 1. The summed E-state index contributed by atoms with van der Waals surface area (Å²) in [6.45, 7) is 6.22. The molecule has 0 atom stereocenters. The topological polar surface area (TPSA) is 84.2 Å². The van der Waals surface area contributed by atoms with Crippen LogP contribution in [0.5, 0.6) is 0 Å². The van der Waals surface area contributed by atoms with Crippen molar-refractivity contribution in [3.63, 3.8) is 0 Å². The maximum atomic E-state index is 14.9. The van der Waals surface area contributed by atoms with Crippen LogP contribution in [-0.2, 0) is 5.41 Å². The van der Waals surface area contributed by atoms with Gasteiger partial charge in [-0.2, -0.15) is 0 Å². The molecule has 0 spiro atoms. The van der Waals surface area contributed by atoms with Crippen LogP contribution in [0.3, 0.4) is 0 Å². The molecular formula is C26H23FN6OS. The number of nitrogens with zero attached hydrogens (tertiary/aromatic N) is 4. The number of imidazole rings is 1. The average molecular weight is 487 g/mol. The molecule has 0 aliphatic rings. The molecule has 9 heteroatoms. The Morgan fingerprint density at radius 2 is 1.83 bits per heavy atom. The molecule has 0 aliphatic carbocycles. The van der Waals surface area contributed by atoms with E-state index in [1.54, 1.807) is 24.7 Å². The SMILES string of the molecule is CC(C)(C)c1cnc(NC(=O)Nc2ccc(-c3cnc4cc(-c5ccccn5)ccn34)cc2F)s1. The van der Waals surface area contributed by atoms with Crippen molar-refractivity contribution in [2.75, 3.05) is 10.6 Å². The van der Waals surface area contributed by atoms with Crippen LogP contribution >= 0.6 is 11.3 Å². The number of thiazole rings is 1. The molecule has 2 N–H and O–H groups in total. The summed E-state index contributed by atoms with van der Waals surface area (Å²) in [7, 11) is 0. The second kappa shape index (κ2) is 8.92. The van der Waals surface area contributed by atoms with E-state index in [-0.39, 0.29) is 11.1 Å². The van der Waals surface area contributed by atoms with E-state index in [0.29, 0.717) is 10.7 Å². The lowest BCUT2D eigenvalue weighted by Gasteiger charge is -2.14. The highest BCUT2D eigenvalue weighted by atomic mass is 32.1. The third-order valence-electron chi connectivity index (χ3n) is 5.45. The van der Waals surface area contributed by atoms with Crippen LogP contribution in [0.15, 0.2) is 73.3 Å². The Kier molecular flexibility index (Phi) is 5.78. The third-order valence-corrected chi connectivity index (χ3v) is 6.79. The molecule has 4 heterocycles. The molecule has 0 unspecified atom stereocenters. The van der Waals surface area contributed by atoms with Crippen molar-refractivity contribution in [3.05, 3.63) is 84.0 Å². The monoisotopic (exact) mass is 486 g/mol. The predicted molar refractivity (Wildman–Crippen MR) is 137 cm³/mol. The number of halogens is 1. The van der Waals surface area contributed by atoms with Crippen molar-refractivity contribution in [2.24, 2.45) is 0 Å². The van der Waals surface area contributed by atoms with Crippen LogP contribution in [0.25, 0.3) is 28.2 Å². The molecule has 0 saturated carbocycles. The number of carbonyl (C=O) groups excluding carboxylic acids is 1. The van der Waals surface area contributed by atoms with Gasteiger partial charge in [0.1, 0.15) is 11.5 Å². The van der Waals surface area contributed by atoms with Crippen molar-refractivity contribution >= 4 is 33.8 Å². The fraction of sp³-hybridized carbons (Fsp3) is 0.154. The Hall–Kier alpha value is -4.11. The van der Waals surface area contributed by atoms with Gasteiger partial charge in [-0.15, -0.1) is 11.3 Å². The maximum absolute atomic E-state index is 14.9. The molecule has 1 aromatic carbocycles. The van der Waals surface area contributed by atoms with Crippen LogP contribution < -0.4 is 10.6 Å². The molecule has 7 nitrogen and oxygen atoms in total. The van der Waals surface area contributed by atoms with Gasteiger partial charge in [-0.05, 0) is 41.8 Å². The number of pyridine rings is 2. The van der Waals surface area contributed by atoms with E-state index in [0.717, 1.165) is 27.5 Å². The van der Waals surface area contributed by atoms with E-state index >= 15 is 0 Å². The van der Waals surface area contributed by atoms with Gasteiger partial charge < -0.3 is 5.32 Å². The molecule has 176 valence electrons. The number of fused-ring (bicyclic) bond motifs is 1. The first-order valence-corrected chi connectivity index (χ1v) is 11.8. The van der Waals surface area contributed by atoms with Crippen molar-refractivity contribution in [3.8, 4) is 22.5 Å². The molecule has 2 amide bonds. The fourth-order valence-corrected chi connectivity index (χ4v) is 4.46. The van der Waals surface area contributed by atoms with Crippen molar-refractivity contribution in [2.45, 2.75) is 26.2 Å². The number of hydrogen-bond acceptors (Lipinski definition) is 5. The first kappa shape index (κ1) is 22.7. The van der Waals surface area contributed by atoms with Gasteiger partial charge in [0.2, 0.25) is 0 Å². The number of nitrogens with one attached hydrogen (secondary N) is 2. The molecule has 0 aliphatic heterocycles. The van der Waals surface area contributed by atoms with Crippen LogP contribution in [0, 0.1) is 5.82 Å². The average Bonchev–Trinajstić information content (AvgIpc) is 3.48. The summed E-state index contributed by atoms with van der Waals surface area (Å²) in [6, 6.07) is 13.7. The number of hydrogen-bond donors (Lipinski definition) is 2. The number of aromatic nitrogens is 4. The molecule has 0 bridgehead atoms. The van der Waals surface area contributed by atoms with Gasteiger partial charge in [0.15, 0.2) is 5.13 Å². The predicted octanol–water partition coefficient (Wildman–Crippen LogP) is 6.60. The maximum Gasteiger partial charge on any atom is 0.325 e. The number of urea groups is 1. The lowest BCUT2D eigenvalue weighted by Crippen LogP contribution is -2.20. The first-order chi connectivity index (χ1) is 16.8. The van der Waals surface area contributed by atoms with Gasteiger partial charge in [-0.25, -0.2) is 19.2 Å². The Labute approximate surface area is 205 Å². The van der Waals surface area contributed by atoms with Crippen LogP contribution in [0.1, 0.15) is 25.6 Å². The number of rotatable bonds is 4. The second-order valence-corrected chi connectivity index (χ2v) is 10.1. The van der Waals surface area contributed by atoms with Gasteiger partial charge in [0, 0.05) is 34.6 Å². The van der Waals surface area contributed by atoms with E-state index in [1.807, 2.05) is 40.9 Å². The molecule has 0 radical (unpaired) electrons. The van der Waals surface area contributed by atoms with E-state index in [9.17, 15) is 9.18 Å². The summed E-state index contributed by atoms with van der Waals surface area (Å²) in [4.78, 5) is 26.5. The molecule has 5 rings (SSSR count). The fourth-order valence-electron chi connectivity index (χ4n) is 3.59. The minimum Gasteiger partial charge on any atom is -0.305 e. The van der Waals surface area contributed by atoms with E-state index in [2.05, 4.69) is 46.4 Å². The highest BCUT2D eigenvalue weighted by Gasteiger charge is 2.18. The minimum absolute atomic E-state index is 0.0617. The summed E-state index contributed by atoms with van der Waals surface area (Å²) in [5, 5.41) is 5.68. The smallest absolute Gasteiger partial charge is 0.305 e. The number of benzene rings is 1. The summed E-state index contributed by atoms with van der Waals surface area (Å²) in [5.41, 5.74) is 3.91. The second-order valence-electron chi connectivity index (χ2n) is 9.06. The summed E-state index contributed by atoms with van der Waals surface area (Å²) >= 11 is 1.39. The van der Waals surface area contributed by atoms with Crippen LogP contribution in [0.2, 0.25) is 0 Å². The summed E-state index contributed by atoms with van der Waals surface area (Å²) in [5.74, 6) is -0.549. The molecular weight excluding hydrogens is 463 g/mol. The van der Waals surface area contributed by atoms with Crippen LogP contribution in [-0.4, -0.2) is 25.4 Å². The normalized spacial score (nSPS) is 11.5. The van der Waals surface area contributed by atoms with Gasteiger partial charge in [-0.1, -0.05) is 32.9 Å². The van der Waals surface area contributed by atoms with Crippen molar-refractivity contribution < 1.29 is 9.18 Å². The minimum atomic E-state index is -0.552. The molecule has 5 aromatic rings. The van der Waals surface area contributed by atoms with E-state index in [4.69, 9.17) is 0 Å². The highest BCUT2D eigenvalue weighted by molar-refractivity contribution is 7.15. The van der Waals surface area contributed by atoms with Gasteiger partial charge in [-0.3, -0.25) is 14.7 Å². The van der Waals surface area contributed by atoms with Crippen molar-refractivity contribution in [1.82, 2.24) is 19.4 Å². The lowest BCUT2D eigenvalue weighted by atomic mass is 9.96. The summed E-state index contributed by atoms with van der Waals surface area (Å²) in [6.07, 6.45) is 7.07. The third kappa shape index (κ3) is 4.76. The molecule has 0 saturated heterocycles. The van der Waals surface area contributed by atoms with Crippen LogP contribution in [0.4, 0.5) is 20.0 Å². The largest absolute Gasteiger partial charge is 0.325 e. The summed E-state index contributed by atoms with van der Waals surface area (Å²) < 4.78 is 16.8. The van der Waals surface area contributed by atoms with Gasteiger partial charge >= 0.3 is 6.03 Å². The highest BCUT2D eigenvalue weighted by Crippen LogP contribution is 2.31. The van der Waals surface area contributed by atoms with Crippen molar-refractivity contribution in [1.29, 1.82) is 0 Å². The molecule has 35 heavy (non-hydrogen) atoms. The van der Waals surface area contributed by atoms with Gasteiger partial charge in [0.05, 0.1) is 23.3 Å². The Balaban J connectivity index is 1.33. The first-order valence-electron chi connectivity index (χ1n) is 11.0. The Bertz CT molecular complexity index is 1520. The molecule has 4 aromatic heterocycles. The quantitative estimate of drug-likeness (QED) is 0.300. The number of anilines is 2. The zero-order valence-electron chi connectivity index (χ0n) is 19.4. The Morgan fingerprint density at radius 3 is 2.54 bits per heavy atom. The van der Waals surface area contributed by atoms with E-state index < -0.39 is 11.8 Å². The zero-order valence-corrected chi connectivity index (χ0v) is 20.2. The van der Waals surface area contributed by atoms with Gasteiger partial charge in [0.25, 0.3) is 0 Å². The van der Waals surface area contributed by atoms with E-state index in [1.165, 1.54) is 23.5 Å². The zero-order chi connectivity index (χ0) is 24.6. The Morgan fingerprint density at radius 1 is 0.971 bits per heavy atom. The molecule has 0 fully saturated rings. The standard InChI is InChI=1S/C26H23FN6OS/c1-26(2,3)22-15-30-25(35-22)32-24(34)31-20-8-7-17(12-18(20)27)21-14-29-23-13-16(9-11-33(21)23)19-6-4-5-10-28-19/h4-15H,1-3H3,(H2,30,31,32,34).